The van der Waals surface area contributed by atoms with Crippen molar-refractivity contribution in [1.82, 2.24) is 9.66 Å². The van der Waals surface area contributed by atoms with Gasteiger partial charge in [0.1, 0.15) is 10.8 Å². The van der Waals surface area contributed by atoms with Gasteiger partial charge in [-0.05, 0) is 66.9 Å². The third-order valence-corrected chi connectivity index (χ3v) is 6.95. The van der Waals surface area contributed by atoms with Crippen LogP contribution < -0.4 is 15.0 Å². The second kappa shape index (κ2) is 11.5. The highest BCUT2D eigenvalue weighted by molar-refractivity contribution is 9.10. The lowest BCUT2D eigenvalue weighted by molar-refractivity contribution is 0.203. The van der Waals surface area contributed by atoms with E-state index in [0.717, 1.165) is 17.3 Å². The van der Waals surface area contributed by atoms with Crippen molar-refractivity contribution in [3.8, 4) is 11.5 Å². The van der Waals surface area contributed by atoms with Crippen molar-refractivity contribution in [3.05, 3.63) is 60.0 Å². The summed E-state index contributed by atoms with van der Waals surface area (Å²) in [4.78, 5) is 17.9. The summed E-state index contributed by atoms with van der Waals surface area (Å²) in [5, 5.41) is 5.39. The zero-order chi connectivity index (χ0) is 24.1. The SMILES string of the molecule is CCCc1nc2ccc(Br)cc2c(=O)n1N=Cc1cc(OCC)c(O[C@@H](C)CC)c(Cl)c1Br. The molecule has 0 saturated carbocycles. The molecule has 0 amide bonds. The summed E-state index contributed by atoms with van der Waals surface area (Å²) < 4.78 is 14.6. The Labute approximate surface area is 215 Å². The Bertz CT molecular complexity index is 1240. The zero-order valence-corrected chi connectivity index (χ0v) is 22.9. The van der Waals surface area contributed by atoms with Crippen molar-refractivity contribution in [2.75, 3.05) is 6.61 Å². The van der Waals surface area contributed by atoms with Crippen LogP contribution in [0.5, 0.6) is 11.5 Å². The van der Waals surface area contributed by atoms with Gasteiger partial charge in [-0.2, -0.15) is 9.78 Å². The lowest BCUT2D eigenvalue weighted by atomic mass is 10.2. The standard InChI is InChI=1S/C24H26Br2ClN3O3/c1-5-8-20-29-18-10-9-16(25)12-17(18)24(31)30(20)28-13-15-11-19(32-7-3)23(22(27)21(15)26)33-14(4)6-2/h9-14H,5-8H2,1-4H3/t14-/m0/s1. The smallest absolute Gasteiger partial charge is 0.282 e. The van der Waals surface area contributed by atoms with Gasteiger partial charge in [0, 0.05) is 20.9 Å². The first kappa shape index (κ1) is 25.7. The first-order valence-corrected chi connectivity index (χ1v) is 12.8. The molecule has 3 aromatic rings. The van der Waals surface area contributed by atoms with E-state index in [9.17, 15) is 4.79 Å². The van der Waals surface area contributed by atoms with E-state index >= 15 is 0 Å². The second-order valence-electron chi connectivity index (χ2n) is 7.49. The third-order valence-electron chi connectivity index (χ3n) is 5.01. The third kappa shape index (κ3) is 5.78. The summed E-state index contributed by atoms with van der Waals surface area (Å²) >= 11 is 13.6. The van der Waals surface area contributed by atoms with Crippen LogP contribution in [0.25, 0.3) is 10.9 Å². The van der Waals surface area contributed by atoms with Gasteiger partial charge in [-0.1, -0.05) is 41.4 Å². The first-order chi connectivity index (χ1) is 15.8. The average Bonchev–Trinajstić information content (AvgIpc) is 2.79. The zero-order valence-electron chi connectivity index (χ0n) is 19.0. The lowest BCUT2D eigenvalue weighted by Gasteiger charge is -2.19. The minimum atomic E-state index is -0.232. The van der Waals surface area contributed by atoms with E-state index < -0.39 is 0 Å². The fourth-order valence-electron chi connectivity index (χ4n) is 3.17. The van der Waals surface area contributed by atoms with Gasteiger partial charge in [0.2, 0.25) is 0 Å². The summed E-state index contributed by atoms with van der Waals surface area (Å²) in [6.45, 7) is 8.40. The molecule has 1 atom stereocenters. The molecule has 1 aromatic heterocycles. The lowest BCUT2D eigenvalue weighted by Crippen LogP contribution is -2.22. The Kier molecular flexibility index (Phi) is 8.95. The number of aryl methyl sites for hydroxylation is 1. The molecule has 0 aliphatic heterocycles. The summed E-state index contributed by atoms with van der Waals surface area (Å²) in [7, 11) is 0. The molecular formula is C24H26Br2ClN3O3. The van der Waals surface area contributed by atoms with Crippen molar-refractivity contribution >= 4 is 60.6 Å². The molecule has 0 aliphatic rings. The molecule has 0 aliphatic carbocycles. The molecular weight excluding hydrogens is 574 g/mol. The van der Waals surface area contributed by atoms with Crippen molar-refractivity contribution < 1.29 is 9.47 Å². The van der Waals surface area contributed by atoms with E-state index in [1.165, 1.54) is 4.68 Å². The Hall–Kier alpha value is -1.90. The van der Waals surface area contributed by atoms with Gasteiger partial charge in [0.05, 0.1) is 29.8 Å². The quantitative estimate of drug-likeness (QED) is 0.249. The van der Waals surface area contributed by atoms with Gasteiger partial charge in [-0.25, -0.2) is 4.98 Å². The average molecular weight is 600 g/mol. The Morgan fingerprint density at radius 3 is 2.67 bits per heavy atom. The Balaban J connectivity index is 2.13. The van der Waals surface area contributed by atoms with Gasteiger partial charge in [-0.3, -0.25) is 4.79 Å². The topological polar surface area (TPSA) is 65.7 Å². The molecule has 0 bridgehead atoms. The van der Waals surface area contributed by atoms with Crippen LogP contribution in [-0.2, 0) is 6.42 Å². The van der Waals surface area contributed by atoms with E-state index in [2.05, 4.69) is 41.9 Å². The summed E-state index contributed by atoms with van der Waals surface area (Å²) in [5.74, 6) is 1.60. The minimum absolute atomic E-state index is 0.0219. The highest BCUT2D eigenvalue weighted by Gasteiger charge is 2.19. The van der Waals surface area contributed by atoms with Gasteiger partial charge >= 0.3 is 0 Å². The molecule has 0 fully saturated rings. The normalized spacial score (nSPS) is 12.5. The van der Waals surface area contributed by atoms with Crippen molar-refractivity contribution in [3.63, 3.8) is 0 Å². The maximum atomic E-state index is 13.2. The molecule has 9 heteroatoms. The largest absolute Gasteiger partial charge is 0.490 e. The predicted octanol–water partition coefficient (Wildman–Crippen LogP) is 6.99. The van der Waals surface area contributed by atoms with Crippen LogP contribution in [0.2, 0.25) is 5.02 Å². The van der Waals surface area contributed by atoms with E-state index in [0.29, 0.717) is 56.3 Å². The molecule has 33 heavy (non-hydrogen) atoms. The number of nitrogens with zero attached hydrogens (tertiary/aromatic N) is 3. The highest BCUT2D eigenvalue weighted by atomic mass is 79.9. The van der Waals surface area contributed by atoms with Crippen LogP contribution in [0, 0.1) is 0 Å². The molecule has 1 heterocycles. The maximum Gasteiger partial charge on any atom is 0.282 e. The summed E-state index contributed by atoms with van der Waals surface area (Å²) in [6.07, 6.45) is 3.84. The summed E-state index contributed by atoms with van der Waals surface area (Å²) in [6, 6.07) is 7.26. The monoisotopic (exact) mass is 597 g/mol. The van der Waals surface area contributed by atoms with Gasteiger partial charge in [0.15, 0.2) is 11.5 Å². The number of hydrogen-bond donors (Lipinski definition) is 0. The maximum absolute atomic E-state index is 13.2. The van der Waals surface area contributed by atoms with Gasteiger partial charge < -0.3 is 9.47 Å². The fraction of sp³-hybridized carbons (Fsp3) is 0.375. The molecule has 0 N–H and O–H groups in total. The Morgan fingerprint density at radius 2 is 2.00 bits per heavy atom. The predicted molar refractivity (Wildman–Crippen MR) is 141 cm³/mol. The van der Waals surface area contributed by atoms with E-state index in [1.807, 2.05) is 39.8 Å². The van der Waals surface area contributed by atoms with Crippen LogP contribution in [-0.4, -0.2) is 28.6 Å². The van der Waals surface area contributed by atoms with Crippen molar-refractivity contribution in [1.29, 1.82) is 0 Å². The van der Waals surface area contributed by atoms with Crippen molar-refractivity contribution in [2.24, 2.45) is 5.10 Å². The van der Waals surface area contributed by atoms with E-state index in [-0.39, 0.29) is 11.7 Å². The van der Waals surface area contributed by atoms with Gasteiger partial charge in [-0.15, -0.1) is 0 Å². The van der Waals surface area contributed by atoms with E-state index in [4.69, 9.17) is 21.1 Å². The number of ether oxygens (including phenoxy) is 2. The second-order valence-corrected chi connectivity index (χ2v) is 9.58. The number of rotatable bonds is 9. The summed E-state index contributed by atoms with van der Waals surface area (Å²) in [5.41, 5.74) is 1.07. The van der Waals surface area contributed by atoms with Crippen LogP contribution >= 0.6 is 43.5 Å². The molecule has 0 spiro atoms. The molecule has 3 rings (SSSR count). The number of fused-ring (bicyclic) bond motifs is 1. The van der Waals surface area contributed by atoms with Gasteiger partial charge in [0.25, 0.3) is 5.56 Å². The van der Waals surface area contributed by atoms with Crippen LogP contribution in [0.1, 0.15) is 51.9 Å². The molecule has 6 nitrogen and oxygen atoms in total. The fourth-order valence-corrected chi connectivity index (χ4v) is 4.18. The molecule has 2 aromatic carbocycles. The van der Waals surface area contributed by atoms with E-state index in [1.54, 1.807) is 18.3 Å². The molecule has 176 valence electrons. The minimum Gasteiger partial charge on any atom is -0.490 e. The first-order valence-electron chi connectivity index (χ1n) is 10.9. The van der Waals surface area contributed by atoms with Crippen LogP contribution in [0.3, 0.4) is 0 Å². The van der Waals surface area contributed by atoms with Crippen molar-refractivity contribution in [2.45, 2.75) is 53.1 Å². The van der Waals surface area contributed by atoms with Crippen LogP contribution in [0.4, 0.5) is 0 Å². The number of benzene rings is 2. The highest BCUT2D eigenvalue weighted by Crippen LogP contribution is 2.43. The molecule has 0 saturated heterocycles. The van der Waals surface area contributed by atoms with Crippen LogP contribution in [0.15, 0.2) is 43.1 Å². The number of hydrogen-bond acceptors (Lipinski definition) is 5. The molecule has 0 radical (unpaired) electrons. The number of halogens is 3. The molecule has 0 unspecified atom stereocenters. The Morgan fingerprint density at radius 1 is 1.24 bits per heavy atom. The number of aromatic nitrogens is 2.